The van der Waals surface area contributed by atoms with E-state index in [9.17, 15) is 9.90 Å². The van der Waals surface area contributed by atoms with E-state index >= 15 is 0 Å². The molecular weight excluding hydrogens is 282 g/mol. The van der Waals surface area contributed by atoms with Crippen LogP contribution in [-0.2, 0) is 0 Å². The van der Waals surface area contributed by atoms with Crippen molar-refractivity contribution in [2.24, 2.45) is 0 Å². The van der Waals surface area contributed by atoms with Crippen molar-refractivity contribution in [1.82, 2.24) is 5.32 Å². The Morgan fingerprint density at radius 3 is 2.82 bits per heavy atom. The molecule has 0 aromatic heterocycles. The zero-order valence-corrected chi connectivity index (χ0v) is 11.8. The molecule has 1 aromatic carbocycles. The second-order valence-electron chi connectivity index (χ2n) is 4.10. The number of hydrogen-bond acceptors (Lipinski definition) is 2. The molecular formula is C13H18BrNO2. The van der Waals surface area contributed by atoms with E-state index < -0.39 is 0 Å². The molecule has 3 nitrogen and oxygen atoms in total. The Hall–Kier alpha value is -1.03. The fraction of sp³-hybridized carbons (Fsp3) is 0.462. The van der Waals surface area contributed by atoms with Crippen LogP contribution >= 0.6 is 15.9 Å². The number of benzene rings is 1. The molecule has 0 radical (unpaired) electrons. The Bertz CT molecular complexity index is 393. The number of rotatable bonds is 5. The summed E-state index contributed by atoms with van der Waals surface area (Å²) >= 11 is 3.51. The molecule has 0 saturated carbocycles. The van der Waals surface area contributed by atoms with Gasteiger partial charge in [-0.05, 0) is 37.1 Å². The summed E-state index contributed by atoms with van der Waals surface area (Å²) in [5.41, 5.74) is 1.39. The molecule has 2 N–H and O–H groups in total. The zero-order valence-electron chi connectivity index (χ0n) is 10.2. The molecule has 1 unspecified atom stereocenters. The Labute approximate surface area is 110 Å². The summed E-state index contributed by atoms with van der Waals surface area (Å²) in [5.74, 6) is 0.0893. The number of aromatic hydroxyl groups is 1. The van der Waals surface area contributed by atoms with Gasteiger partial charge >= 0.3 is 0 Å². The summed E-state index contributed by atoms with van der Waals surface area (Å²) in [5, 5.41) is 12.1. The summed E-state index contributed by atoms with van der Waals surface area (Å²) in [6.07, 6.45) is 2.12. The van der Waals surface area contributed by atoms with E-state index in [1.54, 1.807) is 12.1 Å². The Morgan fingerprint density at radius 2 is 2.24 bits per heavy atom. The Balaban J connectivity index is 2.58. The van der Waals surface area contributed by atoms with Gasteiger partial charge in [0.2, 0.25) is 0 Å². The van der Waals surface area contributed by atoms with Crippen molar-refractivity contribution in [3.05, 3.63) is 29.3 Å². The number of phenolic OH excluding ortho intramolecular Hbond substituents is 1. The number of alkyl halides is 1. The summed E-state index contributed by atoms with van der Waals surface area (Å²) in [7, 11) is 0. The molecule has 0 bridgehead atoms. The molecule has 0 spiro atoms. The van der Waals surface area contributed by atoms with Gasteiger partial charge in [0.1, 0.15) is 5.75 Å². The first-order valence-corrected chi connectivity index (χ1v) is 6.68. The lowest BCUT2D eigenvalue weighted by Gasteiger charge is -2.11. The molecule has 0 aliphatic heterocycles. The maximum atomic E-state index is 11.9. The minimum Gasteiger partial charge on any atom is -0.508 e. The summed E-state index contributed by atoms with van der Waals surface area (Å²) in [6.45, 7) is 4.54. The highest BCUT2D eigenvalue weighted by Crippen LogP contribution is 2.15. The number of nitrogens with one attached hydrogen (secondary N) is 1. The van der Waals surface area contributed by atoms with Crippen LogP contribution in [-0.4, -0.2) is 22.4 Å². The molecule has 0 heterocycles. The van der Waals surface area contributed by atoms with Gasteiger partial charge in [-0.25, -0.2) is 0 Å². The van der Waals surface area contributed by atoms with Gasteiger partial charge in [0.15, 0.2) is 0 Å². The second-order valence-corrected chi connectivity index (χ2v) is 5.39. The smallest absolute Gasteiger partial charge is 0.251 e. The van der Waals surface area contributed by atoms with Crippen molar-refractivity contribution >= 4 is 21.8 Å². The molecule has 1 amide bonds. The van der Waals surface area contributed by atoms with Crippen LogP contribution in [0.25, 0.3) is 0 Å². The van der Waals surface area contributed by atoms with Gasteiger partial charge in [-0.3, -0.25) is 4.79 Å². The van der Waals surface area contributed by atoms with Crippen LogP contribution in [0, 0.1) is 6.92 Å². The minimum absolute atomic E-state index is 0.0944. The molecule has 0 aliphatic rings. The first-order chi connectivity index (χ1) is 8.04. The van der Waals surface area contributed by atoms with E-state index in [0.717, 1.165) is 18.4 Å². The standard InChI is InChI=1S/C13H18BrNO2/c1-3-4-10(14)8-15-13(17)12-6-5-11(16)7-9(12)2/h5-7,10,16H,3-4,8H2,1-2H3,(H,15,17). The van der Waals surface area contributed by atoms with Crippen molar-refractivity contribution in [3.8, 4) is 5.75 Å². The molecule has 4 heteroatoms. The van der Waals surface area contributed by atoms with Gasteiger partial charge < -0.3 is 10.4 Å². The number of carbonyl (C=O) groups excluding carboxylic acids is 1. The van der Waals surface area contributed by atoms with Gasteiger partial charge in [0.25, 0.3) is 5.91 Å². The average Bonchev–Trinajstić information content (AvgIpc) is 2.26. The molecule has 0 aliphatic carbocycles. The zero-order chi connectivity index (χ0) is 12.8. The van der Waals surface area contributed by atoms with Crippen molar-refractivity contribution in [1.29, 1.82) is 0 Å². The van der Waals surface area contributed by atoms with E-state index in [0.29, 0.717) is 16.9 Å². The quantitative estimate of drug-likeness (QED) is 0.821. The fourth-order valence-corrected chi connectivity index (χ4v) is 2.24. The van der Waals surface area contributed by atoms with Gasteiger partial charge in [0, 0.05) is 16.9 Å². The Kier molecular flexibility index (Phi) is 5.48. The lowest BCUT2D eigenvalue weighted by Crippen LogP contribution is -2.29. The molecule has 17 heavy (non-hydrogen) atoms. The number of hydrogen-bond donors (Lipinski definition) is 2. The van der Waals surface area contributed by atoms with Crippen LogP contribution in [0.5, 0.6) is 5.75 Å². The van der Waals surface area contributed by atoms with Crippen LogP contribution in [0.2, 0.25) is 0 Å². The number of phenols is 1. The van der Waals surface area contributed by atoms with E-state index in [2.05, 4.69) is 28.2 Å². The lowest BCUT2D eigenvalue weighted by atomic mass is 10.1. The molecule has 94 valence electrons. The third kappa shape index (κ3) is 4.38. The van der Waals surface area contributed by atoms with E-state index in [1.165, 1.54) is 6.07 Å². The van der Waals surface area contributed by atoms with E-state index in [4.69, 9.17) is 0 Å². The van der Waals surface area contributed by atoms with Crippen molar-refractivity contribution < 1.29 is 9.90 Å². The first-order valence-electron chi connectivity index (χ1n) is 5.76. The molecule has 0 fully saturated rings. The molecule has 1 rings (SSSR count). The molecule has 1 atom stereocenters. The van der Waals surface area contributed by atoms with Gasteiger partial charge in [-0.15, -0.1) is 0 Å². The van der Waals surface area contributed by atoms with Crippen molar-refractivity contribution in [2.75, 3.05) is 6.54 Å². The number of amides is 1. The van der Waals surface area contributed by atoms with Crippen LogP contribution < -0.4 is 5.32 Å². The minimum atomic E-state index is -0.0944. The summed E-state index contributed by atoms with van der Waals surface area (Å²) in [6, 6.07) is 4.76. The van der Waals surface area contributed by atoms with E-state index in [-0.39, 0.29) is 11.7 Å². The number of halogens is 1. The molecule has 1 aromatic rings. The van der Waals surface area contributed by atoms with Gasteiger partial charge in [-0.1, -0.05) is 29.3 Å². The SMILES string of the molecule is CCCC(Br)CNC(=O)c1ccc(O)cc1C. The van der Waals surface area contributed by atoms with Gasteiger partial charge in [0.05, 0.1) is 0 Å². The summed E-state index contributed by atoms with van der Waals surface area (Å²) in [4.78, 5) is 12.2. The van der Waals surface area contributed by atoms with Crippen molar-refractivity contribution in [2.45, 2.75) is 31.5 Å². The van der Waals surface area contributed by atoms with Crippen LogP contribution in [0.3, 0.4) is 0 Å². The predicted octanol–water partition coefficient (Wildman–Crippen LogP) is 2.99. The van der Waals surface area contributed by atoms with Crippen molar-refractivity contribution in [3.63, 3.8) is 0 Å². The van der Waals surface area contributed by atoms with E-state index in [1.807, 2.05) is 6.92 Å². The predicted molar refractivity (Wildman–Crippen MR) is 72.8 cm³/mol. The largest absolute Gasteiger partial charge is 0.508 e. The highest BCUT2D eigenvalue weighted by Gasteiger charge is 2.10. The highest BCUT2D eigenvalue weighted by molar-refractivity contribution is 9.09. The average molecular weight is 300 g/mol. The molecule has 0 saturated heterocycles. The third-order valence-corrected chi connectivity index (χ3v) is 3.32. The maximum absolute atomic E-state index is 11.9. The lowest BCUT2D eigenvalue weighted by molar-refractivity contribution is 0.0953. The van der Waals surface area contributed by atoms with Gasteiger partial charge in [-0.2, -0.15) is 0 Å². The van der Waals surface area contributed by atoms with Crippen LogP contribution in [0.1, 0.15) is 35.7 Å². The second kappa shape index (κ2) is 6.64. The third-order valence-electron chi connectivity index (χ3n) is 2.54. The Morgan fingerprint density at radius 1 is 1.53 bits per heavy atom. The van der Waals surface area contributed by atoms with Crippen LogP contribution in [0.4, 0.5) is 0 Å². The topological polar surface area (TPSA) is 49.3 Å². The normalized spacial score (nSPS) is 12.2. The van der Waals surface area contributed by atoms with Crippen LogP contribution in [0.15, 0.2) is 18.2 Å². The fourth-order valence-electron chi connectivity index (χ4n) is 1.62. The highest BCUT2D eigenvalue weighted by atomic mass is 79.9. The number of aryl methyl sites for hydroxylation is 1. The number of carbonyl (C=O) groups is 1. The summed E-state index contributed by atoms with van der Waals surface area (Å²) < 4.78 is 0. The monoisotopic (exact) mass is 299 g/mol. The maximum Gasteiger partial charge on any atom is 0.251 e. The first kappa shape index (κ1) is 14.0.